The van der Waals surface area contributed by atoms with Gasteiger partial charge in [0, 0.05) is 0 Å². The van der Waals surface area contributed by atoms with Gasteiger partial charge in [0.15, 0.2) is 0 Å². The minimum Gasteiger partial charge on any atom is -0.282 e. The molecule has 0 radical (unpaired) electrons. The van der Waals surface area contributed by atoms with Crippen molar-refractivity contribution in [2.24, 2.45) is 22.7 Å². The van der Waals surface area contributed by atoms with Crippen molar-refractivity contribution in [1.29, 1.82) is 0 Å². The van der Waals surface area contributed by atoms with Crippen LogP contribution < -0.4 is 0 Å². The van der Waals surface area contributed by atoms with Gasteiger partial charge in [-0.1, -0.05) is 74.7 Å². The molecule has 0 saturated heterocycles. The summed E-state index contributed by atoms with van der Waals surface area (Å²) in [6.07, 6.45) is 7.62. The van der Waals surface area contributed by atoms with E-state index in [1.807, 2.05) is 19.9 Å². The predicted molar refractivity (Wildman–Crippen MR) is 151 cm³/mol. The monoisotopic (exact) mass is 562 g/mol. The van der Waals surface area contributed by atoms with Crippen molar-refractivity contribution in [3.8, 4) is 0 Å². The Balaban J connectivity index is 0.000000304. The van der Waals surface area contributed by atoms with Crippen molar-refractivity contribution in [2.75, 3.05) is 0 Å². The highest BCUT2D eigenvalue weighted by Gasteiger charge is 2.52. The van der Waals surface area contributed by atoms with Crippen molar-refractivity contribution in [1.82, 2.24) is 0 Å². The van der Waals surface area contributed by atoms with Crippen molar-refractivity contribution in [3.05, 3.63) is 71.3 Å². The zero-order chi connectivity index (χ0) is 28.5. The third-order valence-electron chi connectivity index (χ3n) is 8.83. The van der Waals surface area contributed by atoms with Crippen molar-refractivity contribution in [3.63, 3.8) is 0 Å². The van der Waals surface area contributed by atoms with Gasteiger partial charge < -0.3 is 0 Å². The van der Waals surface area contributed by atoms with Gasteiger partial charge in [-0.25, -0.2) is 0 Å². The highest BCUT2D eigenvalue weighted by molar-refractivity contribution is 7.86. The first kappa shape index (κ1) is 30.5. The number of hydrogen-bond acceptors (Lipinski definition) is 4. The maximum atomic E-state index is 11.8. The van der Waals surface area contributed by atoms with Crippen LogP contribution in [0.25, 0.3) is 0 Å². The van der Waals surface area contributed by atoms with Gasteiger partial charge in [-0.05, 0) is 98.8 Å². The average Bonchev–Trinajstić information content (AvgIpc) is 2.77. The third kappa shape index (κ3) is 6.95. The minimum absolute atomic E-state index is 0.0557. The molecular weight excluding hydrogens is 520 g/mol. The number of aryl methyl sites for hydroxylation is 3. The van der Waals surface area contributed by atoms with E-state index < -0.39 is 20.2 Å². The summed E-state index contributed by atoms with van der Waals surface area (Å²) in [7, 11) is -8.22. The van der Waals surface area contributed by atoms with E-state index in [-0.39, 0.29) is 15.2 Å². The van der Waals surface area contributed by atoms with Gasteiger partial charge in [0.05, 0.1) is 9.79 Å². The Bertz CT molecular complexity index is 1370. The van der Waals surface area contributed by atoms with Crippen LogP contribution in [0.2, 0.25) is 0 Å². The van der Waals surface area contributed by atoms with Gasteiger partial charge in [-0.3, -0.25) is 9.11 Å². The fourth-order valence-corrected chi connectivity index (χ4v) is 8.19. The lowest BCUT2D eigenvalue weighted by Gasteiger charge is -2.58. The fourth-order valence-electron chi connectivity index (χ4n) is 6.97. The van der Waals surface area contributed by atoms with Gasteiger partial charge in [0.1, 0.15) is 0 Å². The van der Waals surface area contributed by atoms with Crippen LogP contribution in [0.5, 0.6) is 0 Å². The first-order valence-electron chi connectivity index (χ1n) is 13.2. The zero-order valence-corrected chi connectivity index (χ0v) is 24.8. The van der Waals surface area contributed by atoms with Gasteiger partial charge in [0.25, 0.3) is 20.2 Å². The van der Waals surface area contributed by atoms with Crippen LogP contribution in [0.4, 0.5) is 0 Å². The molecule has 2 aromatic rings. The molecule has 0 aromatic heterocycles. The van der Waals surface area contributed by atoms with E-state index in [9.17, 15) is 21.4 Å². The molecule has 8 heteroatoms. The summed E-state index contributed by atoms with van der Waals surface area (Å²) in [6, 6.07) is 11.2. The summed E-state index contributed by atoms with van der Waals surface area (Å²) in [6.45, 7) is 15.5. The van der Waals surface area contributed by atoms with Gasteiger partial charge in [-0.15, -0.1) is 0 Å². The second-order valence-corrected chi connectivity index (χ2v) is 14.9. The Labute approximate surface area is 229 Å². The number of rotatable bonds is 5. The van der Waals surface area contributed by atoms with Crippen LogP contribution in [0.3, 0.4) is 0 Å². The molecule has 2 aromatic carbocycles. The van der Waals surface area contributed by atoms with Crippen LogP contribution in [0.1, 0.15) is 76.0 Å². The molecule has 6 nitrogen and oxygen atoms in total. The molecule has 3 atom stereocenters. The van der Waals surface area contributed by atoms with E-state index >= 15 is 0 Å². The maximum Gasteiger partial charge on any atom is 0.294 e. The summed E-state index contributed by atoms with van der Waals surface area (Å²) in [4.78, 5) is -0.0108. The largest absolute Gasteiger partial charge is 0.294 e. The SMILES string of the molecule is C=C1CC[C@H]2C(C)(C)CCC[C@]2(C)[C@H]1CCc1cc(C)ccc1S(=O)(=O)O.Cc1ccc(S(=O)(=O)O)cc1. The molecule has 2 aliphatic rings. The van der Waals surface area contributed by atoms with Gasteiger partial charge in [0.2, 0.25) is 0 Å². The molecule has 2 aliphatic carbocycles. The lowest BCUT2D eigenvalue weighted by molar-refractivity contribution is -0.0539. The second-order valence-electron chi connectivity index (χ2n) is 12.1. The molecule has 0 bridgehead atoms. The summed E-state index contributed by atoms with van der Waals surface area (Å²) in [5.41, 5.74) is 4.62. The average molecular weight is 563 g/mol. The van der Waals surface area contributed by atoms with E-state index in [0.29, 0.717) is 23.7 Å². The number of fused-ring (bicyclic) bond motifs is 1. The Morgan fingerprint density at radius 1 is 0.895 bits per heavy atom. The van der Waals surface area contributed by atoms with Crippen LogP contribution in [-0.4, -0.2) is 25.9 Å². The number of hydrogen-bond donors (Lipinski definition) is 2. The molecular formula is C30H42O6S2. The highest BCUT2D eigenvalue weighted by atomic mass is 32.2. The Kier molecular flexibility index (Phi) is 9.03. The predicted octanol–water partition coefficient (Wildman–Crippen LogP) is 7.21. The molecule has 210 valence electrons. The molecule has 2 N–H and O–H groups in total. The molecule has 4 rings (SSSR count). The van der Waals surface area contributed by atoms with Crippen LogP contribution in [0.15, 0.2) is 64.4 Å². The smallest absolute Gasteiger partial charge is 0.282 e. The van der Waals surface area contributed by atoms with E-state index in [0.717, 1.165) is 29.5 Å². The Morgan fingerprint density at radius 3 is 2.08 bits per heavy atom. The summed E-state index contributed by atoms with van der Waals surface area (Å²) in [5.74, 6) is 1.10. The van der Waals surface area contributed by atoms with Crippen LogP contribution in [0, 0.1) is 36.5 Å². The molecule has 0 heterocycles. The fraction of sp³-hybridized carbons (Fsp3) is 0.533. The van der Waals surface area contributed by atoms with E-state index in [1.54, 1.807) is 18.2 Å². The van der Waals surface area contributed by atoms with Crippen molar-refractivity contribution >= 4 is 20.2 Å². The van der Waals surface area contributed by atoms with E-state index in [2.05, 4.69) is 27.4 Å². The van der Waals surface area contributed by atoms with Crippen LogP contribution in [-0.2, 0) is 26.7 Å². The first-order valence-corrected chi connectivity index (χ1v) is 16.1. The summed E-state index contributed by atoms with van der Waals surface area (Å²) in [5, 5.41) is 0. The normalized spacial score (nSPS) is 25.2. The first-order chi connectivity index (χ1) is 17.4. The number of benzene rings is 2. The van der Waals surface area contributed by atoms with Crippen molar-refractivity contribution in [2.45, 2.75) is 89.4 Å². The van der Waals surface area contributed by atoms with E-state index in [1.165, 1.54) is 49.5 Å². The topological polar surface area (TPSA) is 109 Å². The molecule has 38 heavy (non-hydrogen) atoms. The molecule has 0 amide bonds. The highest BCUT2D eigenvalue weighted by Crippen LogP contribution is 2.61. The van der Waals surface area contributed by atoms with Crippen molar-refractivity contribution < 1.29 is 25.9 Å². The summed E-state index contributed by atoms with van der Waals surface area (Å²) >= 11 is 0. The minimum atomic E-state index is -4.20. The second kappa shape index (κ2) is 11.2. The molecule has 0 spiro atoms. The third-order valence-corrected chi connectivity index (χ3v) is 10.7. The quantitative estimate of drug-likeness (QED) is 0.294. The van der Waals surface area contributed by atoms with E-state index in [4.69, 9.17) is 4.55 Å². The zero-order valence-electron chi connectivity index (χ0n) is 23.2. The Hall–Kier alpha value is -2.00. The standard InChI is InChI=1S/C23H34O3S.C7H8O3S/c1-16-7-11-20(27(24,25)26)18(15-16)9-10-19-17(2)8-12-21-22(3,4)13-6-14-23(19,21)5;1-6-2-4-7(5-3-6)11(8,9)10/h7,11,15,19,21H,2,6,8-10,12-14H2,1,3-5H3,(H,24,25,26);2-5H,1H3,(H,8,9,10)/t19-,21-,23+;/m0./s1. The summed E-state index contributed by atoms with van der Waals surface area (Å²) < 4.78 is 62.8. The van der Waals surface area contributed by atoms with Gasteiger partial charge in [-0.2, -0.15) is 16.8 Å². The molecule has 2 saturated carbocycles. The van der Waals surface area contributed by atoms with Gasteiger partial charge >= 0.3 is 0 Å². The molecule has 2 fully saturated rings. The maximum absolute atomic E-state index is 11.8. The Morgan fingerprint density at radius 2 is 1.50 bits per heavy atom. The molecule has 0 aliphatic heterocycles. The number of allylic oxidation sites excluding steroid dienone is 1. The lowest BCUT2D eigenvalue weighted by atomic mass is 9.47. The van der Waals surface area contributed by atoms with Crippen LogP contribution >= 0.6 is 0 Å². The lowest BCUT2D eigenvalue weighted by Crippen LogP contribution is -2.49. The molecule has 0 unspecified atom stereocenters.